The van der Waals surface area contributed by atoms with E-state index in [1.54, 1.807) is 24.5 Å². The summed E-state index contributed by atoms with van der Waals surface area (Å²) in [5, 5.41) is 9.09. The van der Waals surface area contributed by atoms with Gasteiger partial charge in [0.15, 0.2) is 5.78 Å². The van der Waals surface area contributed by atoms with Gasteiger partial charge in [0.25, 0.3) is 0 Å². The second-order valence-corrected chi connectivity index (χ2v) is 4.48. The molecule has 1 heterocycles. The van der Waals surface area contributed by atoms with Crippen LogP contribution in [0.15, 0.2) is 24.5 Å². The normalized spacial score (nSPS) is 11.8. The van der Waals surface area contributed by atoms with Crippen molar-refractivity contribution in [3.05, 3.63) is 30.1 Å². The van der Waals surface area contributed by atoms with Gasteiger partial charge in [-0.25, -0.2) is 0 Å². The summed E-state index contributed by atoms with van der Waals surface area (Å²) in [5.74, 6) is -0.633. The van der Waals surface area contributed by atoms with E-state index >= 15 is 0 Å². The monoisotopic (exact) mass is 244 g/mol. The quantitative estimate of drug-likeness (QED) is 0.656. The van der Waals surface area contributed by atoms with Crippen molar-refractivity contribution in [1.82, 2.24) is 4.98 Å². The Hall–Kier alpha value is -1.69. The van der Waals surface area contributed by atoms with Gasteiger partial charge in [-0.3, -0.25) is 9.78 Å². The fraction of sp³-hybridized carbons (Fsp3) is 0.533. The molecule has 0 aromatic carbocycles. The number of pyridine rings is 1. The minimum atomic E-state index is -0.648. The molecule has 1 aromatic heterocycles. The number of rotatable bonds is 8. The fourth-order valence-electron chi connectivity index (χ4n) is 1.93. The third-order valence-corrected chi connectivity index (χ3v) is 3.00. The molecule has 1 atom stereocenters. The van der Waals surface area contributed by atoms with Crippen LogP contribution in [0.25, 0.3) is 0 Å². The van der Waals surface area contributed by atoms with E-state index in [1.807, 2.05) is 0 Å². The number of nitriles is 1. The molecule has 0 aliphatic carbocycles. The molecule has 0 spiro atoms. The molecule has 0 aliphatic heterocycles. The van der Waals surface area contributed by atoms with Crippen molar-refractivity contribution in [2.24, 2.45) is 0 Å². The van der Waals surface area contributed by atoms with Crippen molar-refractivity contribution >= 4 is 5.78 Å². The molecule has 1 aromatic rings. The van der Waals surface area contributed by atoms with Crippen molar-refractivity contribution in [2.45, 2.75) is 51.4 Å². The number of unbranched alkanes of at least 4 members (excludes halogenated alkanes) is 4. The highest BCUT2D eigenvalue weighted by molar-refractivity contribution is 5.88. The van der Waals surface area contributed by atoms with Gasteiger partial charge in [-0.05, 0) is 18.1 Å². The molecule has 0 saturated heterocycles. The summed E-state index contributed by atoms with van der Waals surface area (Å²) in [6.07, 6.45) is 9.30. The lowest BCUT2D eigenvalue weighted by Crippen LogP contribution is -2.10. The van der Waals surface area contributed by atoms with E-state index in [1.165, 1.54) is 19.3 Å². The van der Waals surface area contributed by atoms with E-state index in [2.05, 4.69) is 18.0 Å². The van der Waals surface area contributed by atoms with Crippen molar-refractivity contribution in [1.29, 1.82) is 5.26 Å². The fourth-order valence-corrected chi connectivity index (χ4v) is 1.93. The molecule has 0 amide bonds. The number of hydrogen-bond acceptors (Lipinski definition) is 3. The van der Waals surface area contributed by atoms with Crippen LogP contribution >= 0.6 is 0 Å². The number of carbonyl (C=O) groups excluding carboxylic acids is 1. The molecule has 18 heavy (non-hydrogen) atoms. The average Bonchev–Trinajstić information content (AvgIpc) is 2.40. The zero-order valence-corrected chi connectivity index (χ0v) is 10.9. The Morgan fingerprint density at radius 2 is 2.17 bits per heavy atom. The van der Waals surface area contributed by atoms with Gasteiger partial charge in [0, 0.05) is 18.8 Å². The van der Waals surface area contributed by atoms with Crippen LogP contribution in [0.1, 0.15) is 56.9 Å². The molecule has 1 rings (SSSR count). The number of ketones is 1. The summed E-state index contributed by atoms with van der Waals surface area (Å²) in [4.78, 5) is 15.9. The van der Waals surface area contributed by atoms with Gasteiger partial charge in [-0.2, -0.15) is 5.26 Å². The number of hydrogen-bond donors (Lipinski definition) is 0. The summed E-state index contributed by atoms with van der Waals surface area (Å²) in [6, 6.07) is 5.63. The lowest BCUT2D eigenvalue weighted by Gasteiger charge is -2.07. The predicted molar refractivity (Wildman–Crippen MR) is 71.0 cm³/mol. The number of Topliss-reactive ketones (excluding diaryl/α,β-unsaturated/α-hetero) is 1. The van der Waals surface area contributed by atoms with E-state index in [4.69, 9.17) is 5.26 Å². The van der Waals surface area contributed by atoms with Crippen LogP contribution in [-0.4, -0.2) is 10.8 Å². The Morgan fingerprint density at radius 1 is 1.39 bits per heavy atom. The molecule has 1 unspecified atom stereocenters. The van der Waals surface area contributed by atoms with Gasteiger partial charge >= 0.3 is 0 Å². The van der Waals surface area contributed by atoms with Crippen LogP contribution in [0.3, 0.4) is 0 Å². The first-order chi connectivity index (χ1) is 8.79. The second kappa shape index (κ2) is 8.41. The van der Waals surface area contributed by atoms with E-state index in [-0.39, 0.29) is 5.78 Å². The van der Waals surface area contributed by atoms with Crippen LogP contribution < -0.4 is 0 Å². The summed E-state index contributed by atoms with van der Waals surface area (Å²) in [7, 11) is 0. The summed E-state index contributed by atoms with van der Waals surface area (Å²) < 4.78 is 0. The zero-order chi connectivity index (χ0) is 13.2. The standard InChI is InChI=1S/C15H20N2O/c1-2-3-4-5-6-9-15(18)14(11-16)13-8-7-10-17-12-13/h7-8,10,12,14H,2-6,9H2,1H3. The van der Waals surface area contributed by atoms with Crippen LogP contribution in [0.2, 0.25) is 0 Å². The van der Waals surface area contributed by atoms with Gasteiger partial charge in [-0.1, -0.05) is 38.7 Å². The highest BCUT2D eigenvalue weighted by Crippen LogP contribution is 2.18. The Labute approximate surface area is 109 Å². The van der Waals surface area contributed by atoms with Gasteiger partial charge in [0.2, 0.25) is 0 Å². The highest BCUT2D eigenvalue weighted by Gasteiger charge is 2.19. The number of aromatic nitrogens is 1. The topological polar surface area (TPSA) is 53.8 Å². The van der Waals surface area contributed by atoms with Crippen LogP contribution in [0, 0.1) is 11.3 Å². The summed E-state index contributed by atoms with van der Waals surface area (Å²) in [6.45, 7) is 2.17. The SMILES string of the molecule is CCCCCCCC(=O)C(C#N)c1cccnc1. The molecule has 0 fully saturated rings. The Kier molecular flexibility index (Phi) is 6.71. The van der Waals surface area contributed by atoms with Crippen molar-refractivity contribution in [2.75, 3.05) is 0 Å². The van der Waals surface area contributed by atoms with Crippen LogP contribution in [0.4, 0.5) is 0 Å². The Balaban J connectivity index is 2.42. The van der Waals surface area contributed by atoms with Gasteiger partial charge < -0.3 is 0 Å². The number of carbonyl (C=O) groups is 1. The molecule has 3 heteroatoms. The lowest BCUT2D eigenvalue weighted by molar-refractivity contribution is -0.119. The molecule has 0 N–H and O–H groups in total. The van der Waals surface area contributed by atoms with Crippen molar-refractivity contribution in [3.63, 3.8) is 0 Å². The van der Waals surface area contributed by atoms with Gasteiger partial charge in [0.05, 0.1) is 6.07 Å². The molecule has 96 valence electrons. The highest BCUT2D eigenvalue weighted by atomic mass is 16.1. The minimum Gasteiger partial charge on any atom is -0.298 e. The third kappa shape index (κ3) is 4.67. The Bertz CT molecular complexity index is 395. The predicted octanol–water partition coefficient (Wildman–Crippen LogP) is 3.62. The number of nitrogens with zero attached hydrogens (tertiary/aromatic N) is 2. The molecule has 0 radical (unpaired) electrons. The first kappa shape index (κ1) is 14.4. The maximum absolute atomic E-state index is 12.0. The molecule has 0 saturated carbocycles. The van der Waals surface area contributed by atoms with E-state index < -0.39 is 5.92 Å². The summed E-state index contributed by atoms with van der Waals surface area (Å²) >= 11 is 0. The maximum atomic E-state index is 12.0. The molecule has 3 nitrogen and oxygen atoms in total. The zero-order valence-electron chi connectivity index (χ0n) is 10.9. The van der Waals surface area contributed by atoms with Crippen molar-refractivity contribution in [3.8, 4) is 6.07 Å². The van der Waals surface area contributed by atoms with E-state index in [0.29, 0.717) is 12.0 Å². The molecular weight excluding hydrogens is 224 g/mol. The van der Waals surface area contributed by atoms with Gasteiger partial charge in [0.1, 0.15) is 5.92 Å². The second-order valence-electron chi connectivity index (χ2n) is 4.48. The third-order valence-electron chi connectivity index (χ3n) is 3.00. The molecule has 0 aliphatic rings. The molecular formula is C15H20N2O. The largest absolute Gasteiger partial charge is 0.298 e. The summed E-state index contributed by atoms with van der Waals surface area (Å²) in [5.41, 5.74) is 0.707. The minimum absolute atomic E-state index is 0.0157. The van der Waals surface area contributed by atoms with Crippen LogP contribution in [-0.2, 0) is 4.79 Å². The smallest absolute Gasteiger partial charge is 0.154 e. The van der Waals surface area contributed by atoms with Crippen LogP contribution in [0.5, 0.6) is 0 Å². The Morgan fingerprint density at radius 3 is 2.78 bits per heavy atom. The molecule has 0 bridgehead atoms. The average molecular weight is 244 g/mol. The van der Waals surface area contributed by atoms with E-state index in [0.717, 1.165) is 12.8 Å². The lowest BCUT2D eigenvalue weighted by atomic mass is 9.94. The first-order valence-electron chi connectivity index (χ1n) is 6.61. The van der Waals surface area contributed by atoms with Gasteiger partial charge in [-0.15, -0.1) is 0 Å². The first-order valence-corrected chi connectivity index (χ1v) is 6.61. The maximum Gasteiger partial charge on any atom is 0.154 e. The van der Waals surface area contributed by atoms with E-state index in [9.17, 15) is 4.79 Å². The van der Waals surface area contributed by atoms with Crippen molar-refractivity contribution < 1.29 is 4.79 Å².